The van der Waals surface area contributed by atoms with Gasteiger partial charge in [0.15, 0.2) is 0 Å². The van der Waals surface area contributed by atoms with E-state index in [2.05, 4.69) is 18.7 Å². The summed E-state index contributed by atoms with van der Waals surface area (Å²) in [5.74, 6) is 0. The van der Waals surface area contributed by atoms with Crippen LogP contribution in [-0.2, 0) is 4.74 Å². The number of methoxy groups -OCH3 is 1. The van der Waals surface area contributed by atoms with Crippen LogP contribution in [0.15, 0.2) is 24.3 Å². The summed E-state index contributed by atoms with van der Waals surface area (Å²) in [6.07, 6.45) is 0.636. The van der Waals surface area contributed by atoms with E-state index in [1.165, 1.54) is 0 Å². The van der Waals surface area contributed by atoms with E-state index in [0.29, 0.717) is 19.2 Å². The maximum absolute atomic E-state index is 10.4. The van der Waals surface area contributed by atoms with Crippen LogP contribution >= 0.6 is 0 Å². The van der Waals surface area contributed by atoms with Gasteiger partial charge in [0.05, 0.1) is 12.7 Å². The highest BCUT2D eigenvalue weighted by Gasteiger charge is 2.18. The van der Waals surface area contributed by atoms with E-state index >= 15 is 0 Å². The van der Waals surface area contributed by atoms with E-state index in [4.69, 9.17) is 4.74 Å². The van der Waals surface area contributed by atoms with E-state index in [9.17, 15) is 5.11 Å². The van der Waals surface area contributed by atoms with Gasteiger partial charge in [0.2, 0.25) is 0 Å². The maximum Gasteiger partial charge on any atom is 0.0919 e. The van der Waals surface area contributed by atoms with Gasteiger partial charge in [-0.1, -0.05) is 31.2 Å². The minimum Gasteiger partial charge on any atom is -0.387 e. The molecule has 1 N–H and O–H groups in total. The summed E-state index contributed by atoms with van der Waals surface area (Å²) in [5.41, 5.74) is 2.17. The summed E-state index contributed by atoms with van der Waals surface area (Å²) in [5, 5.41) is 10.4. The number of nitrogens with zero attached hydrogens (tertiary/aromatic N) is 1. The van der Waals surface area contributed by atoms with Crippen molar-refractivity contribution in [2.45, 2.75) is 39.3 Å². The molecule has 0 aromatic heterocycles. The molecule has 1 aromatic carbocycles. The van der Waals surface area contributed by atoms with Crippen LogP contribution < -0.4 is 0 Å². The van der Waals surface area contributed by atoms with Crippen LogP contribution in [0.3, 0.4) is 0 Å². The Morgan fingerprint density at radius 2 is 2.00 bits per heavy atom. The molecule has 0 spiro atoms. The minimum absolute atomic E-state index is 0.438. The summed E-state index contributed by atoms with van der Waals surface area (Å²) in [4.78, 5) is 2.29. The van der Waals surface area contributed by atoms with Gasteiger partial charge in [0.1, 0.15) is 0 Å². The normalized spacial score (nSPS) is 14.6. The number of ether oxygens (including phenoxy) is 1. The molecule has 2 unspecified atom stereocenters. The van der Waals surface area contributed by atoms with E-state index < -0.39 is 6.10 Å². The Kier molecular flexibility index (Phi) is 7.06. The predicted molar refractivity (Wildman–Crippen MR) is 79.3 cm³/mol. The topological polar surface area (TPSA) is 32.7 Å². The third-order valence-corrected chi connectivity index (χ3v) is 3.75. The zero-order valence-electron chi connectivity index (χ0n) is 12.6. The van der Waals surface area contributed by atoms with Crippen LogP contribution in [0.4, 0.5) is 0 Å². The van der Waals surface area contributed by atoms with Gasteiger partial charge in [-0.15, -0.1) is 0 Å². The van der Waals surface area contributed by atoms with Gasteiger partial charge in [-0.05, 0) is 31.4 Å². The highest BCUT2D eigenvalue weighted by atomic mass is 16.5. The van der Waals surface area contributed by atoms with Gasteiger partial charge in [-0.2, -0.15) is 0 Å². The highest BCUT2D eigenvalue weighted by Crippen LogP contribution is 2.19. The third-order valence-electron chi connectivity index (χ3n) is 3.75. The zero-order valence-corrected chi connectivity index (χ0v) is 12.6. The van der Waals surface area contributed by atoms with Crippen molar-refractivity contribution in [1.29, 1.82) is 0 Å². The van der Waals surface area contributed by atoms with Gasteiger partial charge in [0.25, 0.3) is 0 Å². The lowest BCUT2D eigenvalue weighted by molar-refractivity contribution is 0.0665. The number of aryl methyl sites for hydroxylation is 1. The van der Waals surface area contributed by atoms with Crippen LogP contribution in [0.25, 0.3) is 0 Å². The second kappa shape index (κ2) is 8.31. The van der Waals surface area contributed by atoms with Crippen molar-refractivity contribution in [1.82, 2.24) is 4.90 Å². The van der Waals surface area contributed by atoms with Gasteiger partial charge in [0, 0.05) is 26.2 Å². The molecular formula is C16H27NO2. The van der Waals surface area contributed by atoms with Crippen LogP contribution in [0.5, 0.6) is 0 Å². The number of hydrogen-bond acceptors (Lipinski definition) is 3. The van der Waals surface area contributed by atoms with E-state index in [1.54, 1.807) is 7.11 Å². The molecule has 3 heteroatoms. The standard InChI is InChI=1S/C16H27NO2/c1-5-14(3)17(10-11-19-4)12-16(18)15-9-7-6-8-13(15)2/h6-9,14,16,18H,5,10-12H2,1-4H3. The number of aliphatic hydroxyl groups is 1. The number of benzene rings is 1. The third kappa shape index (κ3) is 4.94. The minimum atomic E-state index is -0.438. The van der Waals surface area contributed by atoms with Gasteiger partial charge in [-0.3, -0.25) is 4.90 Å². The van der Waals surface area contributed by atoms with Crippen molar-refractivity contribution in [3.05, 3.63) is 35.4 Å². The van der Waals surface area contributed by atoms with Crippen molar-refractivity contribution in [3.63, 3.8) is 0 Å². The first-order chi connectivity index (χ1) is 9.10. The summed E-state index contributed by atoms with van der Waals surface area (Å²) >= 11 is 0. The lowest BCUT2D eigenvalue weighted by atomic mass is 10.0. The molecule has 0 aliphatic rings. The van der Waals surface area contributed by atoms with Crippen LogP contribution in [0.1, 0.15) is 37.5 Å². The molecule has 0 saturated heterocycles. The molecule has 0 fully saturated rings. The zero-order chi connectivity index (χ0) is 14.3. The van der Waals surface area contributed by atoms with Crippen LogP contribution in [0, 0.1) is 6.92 Å². The van der Waals surface area contributed by atoms with Gasteiger partial charge >= 0.3 is 0 Å². The Morgan fingerprint density at radius 3 is 2.58 bits per heavy atom. The molecule has 108 valence electrons. The van der Waals surface area contributed by atoms with Crippen molar-refractivity contribution in [2.75, 3.05) is 26.8 Å². The Balaban J connectivity index is 2.70. The number of aliphatic hydroxyl groups excluding tert-OH is 1. The molecule has 19 heavy (non-hydrogen) atoms. The Morgan fingerprint density at radius 1 is 1.32 bits per heavy atom. The quantitative estimate of drug-likeness (QED) is 0.784. The van der Waals surface area contributed by atoms with E-state index in [1.807, 2.05) is 31.2 Å². The maximum atomic E-state index is 10.4. The summed E-state index contributed by atoms with van der Waals surface area (Å²) in [7, 11) is 1.71. The highest BCUT2D eigenvalue weighted by molar-refractivity contribution is 5.27. The molecule has 1 rings (SSSR count). The van der Waals surface area contributed by atoms with Crippen LogP contribution in [0.2, 0.25) is 0 Å². The molecule has 0 aliphatic carbocycles. The summed E-state index contributed by atoms with van der Waals surface area (Å²) in [6, 6.07) is 8.48. The lowest BCUT2D eigenvalue weighted by Gasteiger charge is -2.30. The molecule has 0 radical (unpaired) electrons. The van der Waals surface area contributed by atoms with Crippen molar-refractivity contribution < 1.29 is 9.84 Å². The van der Waals surface area contributed by atoms with Gasteiger partial charge in [-0.25, -0.2) is 0 Å². The number of hydrogen-bond donors (Lipinski definition) is 1. The molecule has 0 heterocycles. The summed E-state index contributed by atoms with van der Waals surface area (Å²) in [6.45, 7) is 8.62. The average molecular weight is 265 g/mol. The van der Waals surface area contributed by atoms with Crippen molar-refractivity contribution >= 4 is 0 Å². The molecule has 0 amide bonds. The molecule has 1 aromatic rings. The Labute approximate surface area is 117 Å². The fraction of sp³-hybridized carbons (Fsp3) is 0.625. The second-order valence-corrected chi connectivity index (χ2v) is 5.12. The predicted octanol–water partition coefficient (Wildman–Crippen LogP) is 2.78. The van der Waals surface area contributed by atoms with E-state index in [-0.39, 0.29) is 0 Å². The number of rotatable bonds is 8. The molecule has 0 bridgehead atoms. The fourth-order valence-corrected chi connectivity index (χ4v) is 2.24. The SMILES string of the molecule is CCC(C)N(CCOC)CC(O)c1ccccc1C. The largest absolute Gasteiger partial charge is 0.387 e. The molecule has 0 saturated carbocycles. The fourth-order valence-electron chi connectivity index (χ4n) is 2.24. The second-order valence-electron chi connectivity index (χ2n) is 5.12. The molecule has 0 aliphatic heterocycles. The first-order valence-electron chi connectivity index (χ1n) is 7.06. The van der Waals surface area contributed by atoms with Crippen molar-refractivity contribution in [2.24, 2.45) is 0 Å². The smallest absolute Gasteiger partial charge is 0.0919 e. The lowest BCUT2D eigenvalue weighted by Crippen LogP contribution is -2.38. The first kappa shape index (κ1) is 16.2. The average Bonchev–Trinajstić information content (AvgIpc) is 2.42. The van der Waals surface area contributed by atoms with Gasteiger partial charge < -0.3 is 9.84 Å². The monoisotopic (exact) mass is 265 g/mol. The van der Waals surface area contributed by atoms with E-state index in [0.717, 1.165) is 24.1 Å². The molecular weight excluding hydrogens is 238 g/mol. The first-order valence-corrected chi connectivity index (χ1v) is 7.06. The Hall–Kier alpha value is -0.900. The van der Waals surface area contributed by atoms with Crippen LogP contribution in [-0.4, -0.2) is 42.9 Å². The van der Waals surface area contributed by atoms with Crippen molar-refractivity contribution in [3.8, 4) is 0 Å². The molecule has 3 nitrogen and oxygen atoms in total. The molecule has 2 atom stereocenters. The summed E-state index contributed by atoms with van der Waals surface area (Å²) < 4.78 is 5.15. The Bertz CT molecular complexity index is 368.